The lowest BCUT2D eigenvalue weighted by molar-refractivity contribution is -0.00706. The minimum Gasteiger partial charge on any atom is -0.354 e. The first-order valence-electron chi connectivity index (χ1n) is 12.1. The van der Waals surface area contributed by atoms with Crippen molar-refractivity contribution in [2.75, 3.05) is 13.1 Å². The van der Waals surface area contributed by atoms with E-state index in [1.54, 1.807) is 0 Å². The van der Waals surface area contributed by atoms with Crippen molar-refractivity contribution in [1.29, 1.82) is 0 Å². The third kappa shape index (κ3) is 5.01. The molecule has 0 radical (unpaired) electrons. The second-order valence-electron chi connectivity index (χ2n) is 9.15. The highest BCUT2D eigenvalue weighted by Crippen LogP contribution is 2.38. The Labute approximate surface area is 197 Å². The minimum absolute atomic E-state index is 0.0615. The summed E-state index contributed by atoms with van der Waals surface area (Å²) in [6.07, 6.45) is 6.19. The van der Waals surface area contributed by atoms with Crippen LogP contribution in [0.25, 0.3) is 22.2 Å². The van der Waals surface area contributed by atoms with Crippen molar-refractivity contribution in [3.05, 3.63) is 64.2 Å². The van der Waals surface area contributed by atoms with Gasteiger partial charge in [-0.1, -0.05) is 62.1 Å². The fourth-order valence-electron chi connectivity index (χ4n) is 4.79. The molecular formula is C28H35ClN2O. The van der Waals surface area contributed by atoms with Crippen LogP contribution in [0.5, 0.6) is 0 Å². The van der Waals surface area contributed by atoms with Crippen LogP contribution in [0.4, 0.5) is 0 Å². The molecule has 1 saturated heterocycles. The summed E-state index contributed by atoms with van der Waals surface area (Å²) in [6.45, 7) is 10.9. The highest BCUT2D eigenvalue weighted by Gasteiger charge is 2.34. The summed E-state index contributed by atoms with van der Waals surface area (Å²) in [5, 5.41) is 1.96. The molecular weight excluding hydrogens is 416 g/mol. The molecule has 32 heavy (non-hydrogen) atoms. The van der Waals surface area contributed by atoms with E-state index < -0.39 is 0 Å². The lowest BCUT2D eigenvalue weighted by Crippen LogP contribution is -2.31. The molecule has 1 aliphatic heterocycles. The number of hydrogen-bond acceptors (Lipinski definition) is 3. The van der Waals surface area contributed by atoms with Crippen molar-refractivity contribution in [3.8, 4) is 11.3 Å². The molecule has 0 N–H and O–H groups in total. The quantitative estimate of drug-likeness (QED) is 0.349. The summed E-state index contributed by atoms with van der Waals surface area (Å²) in [6, 6.07) is 14.7. The van der Waals surface area contributed by atoms with E-state index >= 15 is 0 Å². The summed E-state index contributed by atoms with van der Waals surface area (Å²) in [4.78, 5) is 7.63. The molecule has 0 amide bonds. The molecule has 1 aromatic heterocycles. The van der Waals surface area contributed by atoms with E-state index in [4.69, 9.17) is 21.3 Å². The Morgan fingerprint density at radius 2 is 1.78 bits per heavy atom. The fourth-order valence-corrected chi connectivity index (χ4v) is 4.91. The highest BCUT2D eigenvalue weighted by molar-refractivity contribution is 6.30. The van der Waals surface area contributed by atoms with Gasteiger partial charge in [0.15, 0.2) is 0 Å². The fraction of sp³-hybridized carbons (Fsp3) is 0.464. The van der Waals surface area contributed by atoms with Crippen molar-refractivity contribution < 1.29 is 4.74 Å². The van der Waals surface area contributed by atoms with E-state index in [-0.39, 0.29) is 12.3 Å². The Kier molecular flexibility index (Phi) is 7.50. The van der Waals surface area contributed by atoms with E-state index in [0.29, 0.717) is 0 Å². The molecule has 1 fully saturated rings. The van der Waals surface area contributed by atoms with Gasteiger partial charge in [0, 0.05) is 29.1 Å². The van der Waals surface area contributed by atoms with Gasteiger partial charge >= 0.3 is 0 Å². The van der Waals surface area contributed by atoms with E-state index in [1.165, 1.54) is 47.8 Å². The Hall–Kier alpha value is -1.94. The molecule has 4 rings (SSSR count). The zero-order valence-electron chi connectivity index (χ0n) is 19.8. The van der Waals surface area contributed by atoms with Gasteiger partial charge in [-0.15, -0.1) is 0 Å². The molecule has 4 heteroatoms. The maximum absolute atomic E-state index is 6.73. The number of nitrogens with zero attached hydrogens (tertiary/aromatic N) is 2. The van der Waals surface area contributed by atoms with Crippen LogP contribution < -0.4 is 0 Å². The van der Waals surface area contributed by atoms with Crippen molar-refractivity contribution in [3.63, 3.8) is 0 Å². The number of aryl methyl sites for hydroxylation is 2. The number of aromatic nitrogens is 1. The van der Waals surface area contributed by atoms with E-state index in [1.807, 2.05) is 12.1 Å². The predicted molar refractivity (Wildman–Crippen MR) is 135 cm³/mol. The van der Waals surface area contributed by atoms with Gasteiger partial charge < -0.3 is 4.74 Å². The number of fused-ring (bicyclic) bond motifs is 1. The zero-order valence-corrected chi connectivity index (χ0v) is 20.6. The molecule has 2 unspecified atom stereocenters. The Bertz CT molecular complexity index is 1050. The molecule has 0 saturated carbocycles. The molecule has 2 heterocycles. The third-order valence-electron chi connectivity index (χ3n) is 6.50. The summed E-state index contributed by atoms with van der Waals surface area (Å²) in [5.41, 5.74) is 6.87. The van der Waals surface area contributed by atoms with Crippen LogP contribution >= 0.6 is 11.6 Å². The van der Waals surface area contributed by atoms with Crippen LogP contribution in [0.1, 0.15) is 68.7 Å². The van der Waals surface area contributed by atoms with Crippen molar-refractivity contribution in [1.82, 2.24) is 9.88 Å². The molecule has 2 atom stereocenters. The summed E-state index contributed by atoms with van der Waals surface area (Å²) in [7, 11) is 0. The van der Waals surface area contributed by atoms with Crippen LogP contribution in [0.3, 0.4) is 0 Å². The summed E-state index contributed by atoms with van der Waals surface area (Å²) in [5.74, 6) is 0. The number of rotatable bonds is 8. The normalized spacial score (nSPS) is 19.2. The predicted octanol–water partition coefficient (Wildman–Crippen LogP) is 7.86. The van der Waals surface area contributed by atoms with E-state index in [0.717, 1.165) is 41.3 Å². The van der Waals surface area contributed by atoms with Gasteiger partial charge in [-0.3, -0.25) is 4.90 Å². The van der Waals surface area contributed by atoms with Crippen LogP contribution in [0.15, 0.2) is 42.5 Å². The molecule has 1 aliphatic rings. The number of benzene rings is 2. The first-order valence-corrected chi connectivity index (χ1v) is 12.4. The Morgan fingerprint density at radius 3 is 2.50 bits per heavy atom. The van der Waals surface area contributed by atoms with Gasteiger partial charge in [-0.2, -0.15) is 0 Å². The molecule has 170 valence electrons. The molecule has 0 aliphatic carbocycles. The second-order valence-corrected chi connectivity index (χ2v) is 9.59. The number of hydrogen-bond donors (Lipinski definition) is 0. The highest BCUT2D eigenvalue weighted by atomic mass is 35.5. The van der Waals surface area contributed by atoms with Gasteiger partial charge in [0.2, 0.25) is 0 Å². The minimum atomic E-state index is 0.0615. The topological polar surface area (TPSA) is 25.4 Å². The van der Waals surface area contributed by atoms with Crippen LogP contribution in [-0.4, -0.2) is 29.2 Å². The van der Waals surface area contributed by atoms with Crippen molar-refractivity contribution in [2.45, 2.75) is 72.1 Å². The molecule has 3 aromatic rings. The van der Waals surface area contributed by atoms with Gasteiger partial charge in [0.05, 0.1) is 17.3 Å². The average Bonchev–Trinajstić information content (AvgIpc) is 3.19. The first-order chi connectivity index (χ1) is 15.5. The van der Waals surface area contributed by atoms with Crippen LogP contribution in [0.2, 0.25) is 5.02 Å². The van der Waals surface area contributed by atoms with Crippen LogP contribution in [0, 0.1) is 13.8 Å². The molecule has 2 aromatic carbocycles. The number of ether oxygens (including phenoxy) is 1. The maximum atomic E-state index is 6.73. The van der Waals surface area contributed by atoms with Gasteiger partial charge in [-0.05, 0) is 68.5 Å². The summed E-state index contributed by atoms with van der Waals surface area (Å²) < 4.78 is 6.73. The zero-order chi connectivity index (χ0) is 22.7. The lowest BCUT2D eigenvalue weighted by atomic mass is 9.97. The van der Waals surface area contributed by atoms with Crippen molar-refractivity contribution in [2.24, 2.45) is 0 Å². The number of halogens is 1. The largest absolute Gasteiger partial charge is 0.354 e. The van der Waals surface area contributed by atoms with Gasteiger partial charge in [-0.25, -0.2) is 4.98 Å². The van der Waals surface area contributed by atoms with Gasteiger partial charge in [0.1, 0.15) is 6.23 Å². The SMILES string of the molecule is CCCCC1OC(c2cc(-c3ccc(Cl)cc3)nc3c(C)cc(C)cc23)CN1CCCC. The van der Waals surface area contributed by atoms with E-state index in [9.17, 15) is 0 Å². The smallest absolute Gasteiger partial charge is 0.111 e. The van der Waals surface area contributed by atoms with Gasteiger partial charge in [0.25, 0.3) is 0 Å². The molecule has 3 nitrogen and oxygen atoms in total. The maximum Gasteiger partial charge on any atom is 0.111 e. The lowest BCUT2D eigenvalue weighted by Gasteiger charge is -2.22. The number of unbranched alkanes of at least 4 members (excludes halogenated alkanes) is 2. The Balaban J connectivity index is 1.78. The number of pyridine rings is 1. The van der Waals surface area contributed by atoms with E-state index in [2.05, 4.69) is 62.9 Å². The monoisotopic (exact) mass is 450 g/mol. The summed E-state index contributed by atoms with van der Waals surface area (Å²) >= 11 is 6.14. The first kappa shape index (κ1) is 23.2. The average molecular weight is 451 g/mol. The molecule has 0 spiro atoms. The molecule has 0 bridgehead atoms. The second kappa shape index (κ2) is 10.3. The van der Waals surface area contributed by atoms with Crippen molar-refractivity contribution >= 4 is 22.5 Å². The third-order valence-corrected chi connectivity index (χ3v) is 6.75. The van der Waals surface area contributed by atoms with Crippen LogP contribution in [-0.2, 0) is 4.74 Å². The Morgan fingerprint density at radius 1 is 1.03 bits per heavy atom. The standard InChI is InChI=1S/C28H35ClN2O/c1-5-7-9-27-31(14-8-6-2)18-26(32-27)23-17-25(21-10-12-22(29)13-11-21)30-28-20(4)15-19(3)16-24(23)28/h10-13,15-17,26-27H,5-9,14,18H2,1-4H3.